The summed E-state index contributed by atoms with van der Waals surface area (Å²) in [6.07, 6.45) is 3.30. The monoisotopic (exact) mass is 465 g/mol. The number of nitrogens with zero attached hydrogens (tertiary/aromatic N) is 2. The lowest BCUT2D eigenvalue weighted by atomic mass is 9.90. The Hall–Kier alpha value is -2.69. The Morgan fingerprint density at radius 2 is 1.59 bits per heavy atom. The number of para-hydroxylation sites is 2. The summed E-state index contributed by atoms with van der Waals surface area (Å²) in [5, 5.41) is 3.48. The molecule has 170 valence electrons. The Morgan fingerprint density at radius 1 is 0.969 bits per heavy atom. The van der Waals surface area contributed by atoms with Crippen LogP contribution in [0.4, 0.5) is 13.2 Å². The van der Waals surface area contributed by atoms with Crippen LogP contribution in [-0.2, 0) is 23.1 Å². The number of hydrogen-bond acceptors (Lipinski definition) is 4. The average molecular weight is 465 g/mol. The lowest BCUT2D eigenvalue weighted by Gasteiger charge is -2.20. The predicted octanol–water partition coefficient (Wildman–Crippen LogP) is 4.17. The molecule has 0 spiro atoms. The van der Waals surface area contributed by atoms with Crippen molar-refractivity contribution < 1.29 is 26.1 Å². The third-order valence-corrected chi connectivity index (χ3v) is 6.21. The summed E-state index contributed by atoms with van der Waals surface area (Å²) < 4.78 is 60.0. The second-order valence-corrected chi connectivity index (χ2v) is 9.05. The van der Waals surface area contributed by atoms with Gasteiger partial charge in [-0.1, -0.05) is 42.0 Å². The van der Waals surface area contributed by atoms with E-state index < -0.39 is 15.6 Å². The van der Waals surface area contributed by atoms with E-state index in [1.165, 1.54) is 22.2 Å². The van der Waals surface area contributed by atoms with Gasteiger partial charge in [0.15, 0.2) is 0 Å². The van der Waals surface area contributed by atoms with Crippen molar-refractivity contribution >= 4 is 26.7 Å². The third kappa shape index (κ3) is 4.43. The lowest BCUT2D eigenvalue weighted by Crippen LogP contribution is -2.24. The van der Waals surface area contributed by atoms with Crippen molar-refractivity contribution in [2.24, 2.45) is 0 Å². The Labute approximate surface area is 183 Å². The predicted molar refractivity (Wildman–Crippen MR) is 116 cm³/mol. The van der Waals surface area contributed by atoms with E-state index in [1.807, 2.05) is 0 Å². The van der Waals surface area contributed by atoms with Crippen LogP contribution in [0.15, 0.2) is 54.1 Å². The van der Waals surface area contributed by atoms with Crippen LogP contribution in [0.5, 0.6) is 0 Å². The third-order valence-electron chi connectivity index (χ3n) is 5.62. The second-order valence-electron chi connectivity index (χ2n) is 7.63. The summed E-state index contributed by atoms with van der Waals surface area (Å²) in [6.45, 7) is 3.14. The van der Waals surface area contributed by atoms with Crippen molar-refractivity contribution in [1.82, 2.24) is 14.9 Å². The molecule has 10 heteroatoms. The number of benzene rings is 2. The molecule has 0 unspecified atom stereocenters. The van der Waals surface area contributed by atoms with Crippen LogP contribution in [0.3, 0.4) is 0 Å². The molecule has 2 aliphatic heterocycles. The van der Waals surface area contributed by atoms with Gasteiger partial charge in [0.05, 0.1) is 11.0 Å². The van der Waals surface area contributed by atoms with Crippen molar-refractivity contribution in [1.29, 1.82) is 0 Å². The van der Waals surface area contributed by atoms with Gasteiger partial charge in [0, 0.05) is 12.1 Å². The topological polar surface area (TPSA) is 84.2 Å². The minimum Gasteiger partial charge on any atom is -0.324 e. The molecule has 0 aliphatic carbocycles. The molecule has 32 heavy (non-hydrogen) atoms. The van der Waals surface area contributed by atoms with Crippen LogP contribution >= 0.6 is 0 Å². The Kier molecular flexibility index (Phi) is 6.11. The zero-order chi connectivity index (χ0) is 22.9. The number of fused-ring (bicyclic) bond motifs is 4. The highest BCUT2D eigenvalue weighted by Crippen LogP contribution is 2.36. The van der Waals surface area contributed by atoms with Crippen LogP contribution in [0.1, 0.15) is 29.8 Å². The molecule has 1 fully saturated rings. The molecule has 0 amide bonds. The van der Waals surface area contributed by atoms with E-state index in [-0.39, 0.29) is 0 Å². The largest absolute Gasteiger partial charge is 0.522 e. The molecule has 2 N–H and O–H groups in total. The lowest BCUT2D eigenvalue weighted by molar-refractivity contribution is -0.0510. The van der Waals surface area contributed by atoms with E-state index in [4.69, 9.17) is 18.0 Å². The highest BCUT2D eigenvalue weighted by atomic mass is 32.2. The zero-order valence-electron chi connectivity index (χ0n) is 17.1. The molecular formula is C22H22F3N3O3S. The van der Waals surface area contributed by atoms with Gasteiger partial charge in [0.2, 0.25) is 0 Å². The van der Waals surface area contributed by atoms with Gasteiger partial charge in [-0.3, -0.25) is 4.55 Å². The number of alkyl halides is 3. The van der Waals surface area contributed by atoms with Gasteiger partial charge >= 0.3 is 15.6 Å². The number of aryl methyl sites for hydroxylation is 2. The van der Waals surface area contributed by atoms with Gasteiger partial charge in [0.25, 0.3) is 0 Å². The molecule has 0 bridgehead atoms. The van der Waals surface area contributed by atoms with Crippen LogP contribution in [0.2, 0.25) is 0 Å². The van der Waals surface area contributed by atoms with Gasteiger partial charge in [-0.2, -0.15) is 21.6 Å². The van der Waals surface area contributed by atoms with Gasteiger partial charge in [-0.05, 0) is 55.6 Å². The number of piperidine rings is 1. The smallest absolute Gasteiger partial charge is 0.324 e. The van der Waals surface area contributed by atoms with E-state index in [0.717, 1.165) is 50.2 Å². The van der Waals surface area contributed by atoms with Gasteiger partial charge < -0.3 is 9.88 Å². The van der Waals surface area contributed by atoms with Crippen LogP contribution in [0, 0.1) is 0 Å². The summed E-state index contributed by atoms with van der Waals surface area (Å²) in [5.74, 6) is 1.16. The number of rotatable bonds is 0. The molecule has 3 heterocycles. The maximum atomic E-state index is 10.7. The minimum atomic E-state index is -5.84. The quantitative estimate of drug-likeness (QED) is 0.385. The van der Waals surface area contributed by atoms with Crippen LogP contribution < -0.4 is 5.32 Å². The van der Waals surface area contributed by atoms with Crippen molar-refractivity contribution in [3.8, 4) is 0 Å². The van der Waals surface area contributed by atoms with Crippen molar-refractivity contribution in [3.05, 3.63) is 71.1 Å². The summed E-state index contributed by atoms with van der Waals surface area (Å²) in [6, 6.07) is 17.4. The molecule has 3 aromatic rings. The highest BCUT2D eigenvalue weighted by Gasteiger charge is 2.44. The van der Waals surface area contributed by atoms with Gasteiger partial charge in [-0.25, -0.2) is 4.98 Å². The number of halogens is 3. The van der Waals surface area contributed by atoms with E-state index >= 15 is 0 Å². The molecule has 2 aliphatic rings. The first-order chi connectivity index (χ1) is 15.2. The SMILES string of the molecule is O=S(=O)(O)C(F)(F)F.c1ccc2c(c1)CCn1c(nc3ccccc31)C2=C1CCNCC1. The first-order valence-corrected chi connectivity index (χ1v) is 11.6. The number of hydrogen-bond donors (Lipinski definition) is 2. The van der Waals surface area contributed by atoms with E-state index in [1.54, 1.807) is 5.57 Å². The maximum absolute atomic E-state index is 10.7. The molecule has 0 atom stereocenters. The fourth-order valence-electron chi connectivity index (χ4n) is 4.15. The summed E-state index contributed by atoms with van der Waals surface area (Å²) in [7, 11) is -5.84. The van der Waals surface area contributed by atoms with Crippen LogP contribution in [-0.4, -0.2) is 41.1 Å². The molecule has 2 aromatic carbocycles. The molecule has 0 radical (unpaired) electrons. The highest BCUT2D eigenvalue weighted by molar-refractivity contribution is 7.86. The van der Waals surface area contributed by atoms with E-state index in [2.05, 4.69) is 58.4 Å². The van der Waals surface area contributed by atoms with Crippen LogP contribution in [0.25, 0.3) is 16.6 Å². The van der Waals surface area contributed by atoms with Crippen molar-refractivity contribution in [3.63, 3.8) is 0 Å². The zero-order valence-corrected chi connectivity index (χ0v) is 17.9. The minimum absolute atomic E-state index is 1.00. The van der Waals surface area contributed by atoms with E-state index in [0.29, 0.717) is 0 Å². The number of nitrogens with one attached hydrogen (secondary N) is 1. The Bertz CT molecular complexity index is 1270. The first kappa shape index (κ1) is 22.5. The Balaban J connectivity index is 0.000000265. The van der Waals surface area contributed by atoms with E-state index in [9.17, 15) is 13.2 Å². The number of aromatic nitrogens is 2. The Morgan fingerprint density at radius 3 is 2.28 bits per heavy atom. The molecule has 6 nitrogen and oxygen atoms in total. The second kappa shape index (κ2) is 8.68. The fraction of sp³-hybridized carbons (Fsp3) is 0.318. The first-order valence-electron chi connectivity index (χ1n) is 10.2. The van der Waals surface area contributed by atoms with Crippen molar-refractivity contribution in [2.45, 2.75) is 31.3 Å². The van der Waals surface area contributed by atoms with Crippen molar-refractivity contribution in [2.75, 3.05) is 13.1 Å². The maximum Gasteiger partial charge on any atom is 0.522 e. The summed E-state index contributed by atoms with van der Waals surface area (Å²) in [4.78, 5) is 5.05. The fourth-order valence-corrected chi connectivity index (χ4v) is 4.15. The molecule has 1 aromatic heterocycles. The normalized spacial score (nSPS) is 16.6. The molecular weight excluding hydrogens is 443 g/mol. The number of imidazole rings is 1. The molecule has 1 saturated heterocycles. The molecule has 0 saturated carbocycles. The van der Waals surface area contributed by atoms with Gasteiger partial charge in [-0.15, -0.1) is 0 Å². The summed E-state index contributed by atoms with van der Waals surface area (Å²) >= 11 is 0. The standard InChI is InChI=1S/C21H21N3.CHF3O3S/c1-2-6-17-15(5-1)11-14-24-19-8-4-3-7-18(19)23-21(24)20(17)16-9-12-22-13-10-16;2-1(3,4)8(5,6)7/h1-8,22H,9-14H2;(H,5,6,7). The average Bonchev–Trinajstić information content (AvgIpc) is 3.03. The van der Waals surface area contributed by atoms with Gasteiger partial charge in [0.1, 0.15) is 5.82 Å². The summed E-state index contributed by atoms with van der Waals surface area (Å²) in [5.41, 5.74) is 2.62. The molecule has 5 rings (SSSR count).